The molecule has 0 radical (unpaired) electrons. The third-order valence-electron chi connectivity index (χ3n) is 11.8. The Morgan fingerprint density at radius 1 is 0.733 bits per heavy atom. The van der Waals surface area contributed by atoms with E-state index >= 15 is 0 Å². The molecule has 2 aromatic rings. The molecule has 4 heteroatoms. The summed E-state index contributed by atoms with van der Waals surface area (Å²) < 4.78 is 19.8. The largest absolute Gasteiger partial charge is 0.705 e. The molecule has 3 aliphatic heterocycles. The number of ether oxygens (including phenoxy) is 2. The molecule has 244 valence electrons. The first-order chi connectivity index (χ1) is 21.1. The minimum absolute atomic E-state index is 0.0350. The predicted octanol–water partition coefficient (Wildman–Crippen LogP) is 10.1. The van der Waals surface area contributed by atoms with Gasteiger partial charge in [-0.15, -0.1) is 0 Å². The summed E-state index contributed by atoms with van der Waals surface area (Å²) in [6.45, 7) is 25.6. The quantitative estimate of drug-likeness (QED) is 0.291. The van der Waals surface area contributed by atoms with Crippen LogP contribution in [0.4, 0.5) is 0 Å². The molecule has 0 N–H and O–H groups in total. The van der Waals surface area contributed by atoms with E-state index in [1.807, 2.05) is 0 Å². The van der Waals surface area contributed by atoms with Crippen molar-refractivity contribution in [3.63, 3.8) is 0 Å². The molecule has 1 saturated heterocycles. The van der Waals surface area contributed by atoms with Crippen LogP contribution in [-0.2, 0) is 10.8 Å². The summed E-state index contributed by atoms with van der Waals surface area (Å²) in [5.74, 6) is 2.53. The summed E-state index contributed by atoms with van der Waals surface area (Å²) >= 11 is 0. The molecule has 45 heavy (non-hydrogen) atoms. The maximum Gasteiger partial charge on any atom is 0.705 e. The second kappa shape index (κ2) is 11.0. The van der Waals surface area contributed by atoms with Crippen LogP contribution in [0.5, 0.6) is 11.5 Å². The zero-order valence-corrected chi connectivity index (χ0v) is 30.3. The van der Waals surface area contributed by atoms with E-state index in [4.69, 9.17) is 9.47 Å². The summed E-state index contributed by atoms with van der Waals surface area (Å²) in [5, 5.41) is 0. The molecule has 3 heterocycles. The zero-order chi connectivity index (χ0) is 32.6. The van der Waals surface area contributed by atoms with Gasteiger partial charge in [-0.25, -0.2) is 0 Å². The van der Waals surface area contributed by atoms with Gasteiger partial charge in [0.25, 0.3) is 0 Å². The molecule has 2 fully saturated rings. The van der Waals surface area contributed by atoms with Gasteiger partial charge in [0.05, 0.1) is 11.1 Å². The molecule has 2 aromatic carbocycles. The lowest BCUT2D eigenvalue weighted by atomic mass is 9.69. The fourth-order valence-electron chi connectivity index (χ4n) is 8.72. The summed E-state index contributed by atoms with van der Waals surface area (Å²) in [7, 11) is 0. The molecule has 1 unspecified atom stereocenters. The highest BCUT2D eigenvalue weighted by atomic mass is 16.7. The first-order valence-corrected chi connectivity index (χ1v) is 18.1. The summed E-state index contributed by atoms with van der Waals surface area (Å²) in [6.07, 6.45) is 17.0. The highest BCUT2D eigenvalue weighted by Crippen LogP contribution is 2.56. The summed E-state index contributed by atoms with van der Waals surface area (Å²) in [4.78, 5) is 0. The van der Waals surface area contributed by atoms with Gasteiger partial charge in [-0.05, 0) is 78.2 Å². The Labute approximate surface area is 273 Å². The molecule has 0 amide bonds. The van der Waals surface area contributed by atoms with Gasteiger partial charge < -0.3 is 9.47 Å². The minimum Gasteiger partial charge on any atom is -0.340 e. The van der Waals surface area contributed by atoms with Crippen LogP contribution in [0.15, 0.2) is 24.3 Å². The van der Waals surface area contributed by atoms with Crippen molar-refractivity contribution in [1.29, 1.82) is 0 Å². The lowest BCUT2D eigenvalue weighted by molar-refractivity contribution is -0.876. The molecule has 0 bridgehead atoms. The van der Waals surface area contributed by atoms with Crippen LogP contribution in [0, 0.1) is 6.92 Å². The standard InChI is InChI=1S/C41H60N2O2/c1-12-14-18-29(19-15-13-2)30-22-28(3)35-31(23-30)26-42-39(10)20-16-17-21-40(39,11)43-27-32-24-33(37(4,5)6)25-34(38(7,8)9)36(32)45-41(42,43)44-35/h22-27,29H,12-21H2,1-11H3/q+2/t39-,40-,41?/m0/s1. The molecule has 1 aliphatic carbocycles. The van der Waals surface area contributed by atoms with E-state index in [2.05, 4.69) is 122 Å². The van der Waals surface area contributed by atoms with Gasteiger partial charge in [0.2, 0.25) is 11.1 Å². The third-order valence-corrected chi connectivity index (χ3v) is 11.8. The number of unbranched alkanes of at least 4 members (excludes halogenated alkanes) is 2. The number of aryl methyl sites for hydroxylation is 1. The van der Waals surface area contributed by atoms with Crippen molar-refractivity contribution in [3.8, 4) is 11.5 Å². The first-order valence-electron chi connectivity index (χ1n) is 18.1. The average molecular weight is 613 g/mol. The highest BCUT2D eigenvalue weighted by Gasteiger charge is 2.86. The summed E-state index contributed by atoms with van der Waals surface area (Å²) in [6, 6.07) is 8.57. The van der Waals surface area contributed by atoms with Crippen LogP contribution < -0.4 is 9.47 Å². The topological polar surface area (TPSA) is 24.5 Å². The normalized spacial score (nSPS) is 26.9. The number of hydrogen-bond acceptors (Lipinski definition) is 2. The monoisotopic (exact) mass is 612 g/mol. The molecule has 4 nitrogen and oxygen atoms in total. The van der Waals surface area contributed by atoms with E-state index in [1.54, 1.807) is 0 Å². The number of nitrogens with zero attached hydrogens (tertiary/aromatic N) is 2. The van der Waals surface area contributed by atoms with E-state index in [1.165, 1.54) is 84.7 Å². The van der Waals surface area contributed by atoms with E-state index < -0.39 is 6.03 Å². The predicted molar refractivity (Wildman–Crippen MR) is 187 cm³/mol. The van der Waals surface area contributed by atoms with Crippen molar-refractivity contribution in [2.45, 2.75) is 174 Å². The van der Waals surface area contributed by atoms with Gasteiger partial charge in [0.15, 0.2) is 23.9 Å². The fraction of sp³-hybridized carbons (Fsp3) is 0.659. The second-order valence-electron chi connectivity index (χ2n) is 17.2. The third kappa shape index (κ3) is 4.99. The fourth-order valence-corrected chi connectivity index (χ4v) is 8.72. The van der Waals surface area contributed by atoms with Gasteiger partial charge in [0, 0.05) is 32.3 Å². The van der Waals surface area contributed by atoms with Crippen LogP contribution in [0.1, 0.15) is 173 Å². The molecule has 6 rings (SSSR count). The Morgan fingerprint density at radius 2 is 1.27 bits per heavy atom. The smallest absolute Gasteiger partial charge is 0.340 e. The Morgan fingerprint density at radius 3 is 1.78 bits per heavy atom. The molecular formula is C41H60N2O2+2. The van der Waals surface area contributed by atoms with Crippen molar-refractivity contribution in [3.05, 3.63) is 57.6 Å². The lowest BCUT2D eigenvalue weighted by Crippen LogP contribution is -2.61. The molecule has 1 spiro atoms. The minimum atomic E-state index is -1.06. The molecule has 3 atom stereocenters. The average Bonchev–Trinajstić information content (AvgIpc) is 3.13. The van der Waals surface area contributed by atoms with E-state index in [0.717, 1.165) is 24.3 Å². The van der Waals surface area contributed by atoms with E-state index in [9.17, 15) is 0 Å². The number of fused-ring (bicyclic) bond motifs is 5. The first kappa shape index (κ1) is 32.3. The summed E-state index contributed by atoms with van der Waals surface area (Å²) in [5.41, 5.74) is 7.31. The van der Waals surface area contributed by atoms with E-state index in [0.29, 0.717) is 5.92 Å². The van der Waals surface area contributed by atoms with Crippen LogP contribution in [0.25, 0.3) is 0 Å². The van der Waals surface area contributed by atoms with Crippen LogP contribution in [0.3, 0.4) is 0 Å². The molecule has 4 aliphatic rings. The number of hydrogen-bond donors (Lipinski definition) is 0. The number of rotatable bonds is 7. The maximum absolute atomic E-state index is 7.46. The second-order valence-corrected chi connectivity index (χ2v) is 17.2. The van der Waals surface area contributed by atoms with Gasteiger partial charge >= 0.3 is 6.03 Å². The van der Waals surface area contributed by atoms with E-state index in [-0.39, 0.29) is 21.9 Å². The molecule has 1 saturated carbocycles. The van der Waals surface area contributed by atoms with Crippen molar-refractivity contribution >= 4 is 12.4 Å². The van der Waals surface area contributed by atoms with Crippen LogP contribution >= 0.6 is 0 Å². The maximum atomic E-state index is 7.46. The Balaban J connectivity index is 1.57. The highest BCUT2D eigenvalue weighted by molar-refractivity contribution is 5.85. The van der Waals surface area contributed by atoms with Gasteiger partial charge in [0.1, 0.15) is 0 Å². The van der Waals surface area contributed by atoms with Crippen LogP contribution in [-0.4, -0.2) is 38.7 Å². The van der Waals surface area contributed by atoms with Gasteiger partial charge in [-0.2, -0.15) is 0 Å². The Hall–Kier alpha value is -2.62. The number of benzene rings is 2. The van der Waals surface area contributed by atoms with Gasteiger partial charge in [-0.3, -0.25) is 0 Å². The van der Waals surface area contributed by atoms with Crippen molar-refractivity contribution in [2.24, 2.45) is 0 Å². The zero-order valence-electron chi connectivity index (χ0n) is 30.3. The molecule has 0 aromatic heterocycles. The van der Waals surface area contributed by atoms with Crippen molar-refractivity contribution in [2.75, 3.05) is 0 Å². The van der Waals surface area contributed by atoms with Gasteiger partial charge in [-0.1, -0.05) is 102 Å². The SMILES string of the molecule is CCCCC(CCCC)c1cc(C)c2c(c1)C=[N+]1C3(O2)Oc2c(cc(C(C)(C)C)cc2C(C)(C)C)C=[N+]3[C@@]2(C)CCCC[C@]12C. The van der Waals surface area contributed by atoms with Crippen molar-refractivity contribution in [1.82, 2.24) is 0 Å². The molecular weight excluding hydrogens is 552 g/mol. The Bertz CT molecular complexity index is 1540. The van der Waals surface area contributed by atoms with Crippen molar-refractivity contribution < 1.29 is 18.6 Å². The Kier molecular flexibility index (Phi) is 7.89. The van der Waals surface area contributed by atoms with Crippen LogP contribution in [0.2, 0.25) is 0 Å². The lowest BCUT2D eigenvalue weighted by Gasteiger charge is -2.34.